The molecule has 0 spiro atoms. The van der Waals surface area contributed by atoms with Crippen LogP contribution in [0.1, 0.15) is 33.3 Å². The van der Waals surface area contributed by atoms with Gasteiger partial charge in [-0.15, -0.1) is 0 Å². The highest BCUT2D eigenvalue weighted by Crippen LogP contribution is 2.37. The van der Waals surface area contributed by atoms with Crippen molar-refractivity contribution in [1.29, 1.82) is 0 Å². The van der Waals surface area contributed by atoms with Crippen molar-refractivity contribution in [2.45, 2.75) is 51.5 Å². The third-order valence-electron chi connectivity index (χ3n) is 4.57. The van der Waals surface area contributed by atoms with Crippen LogP contribution in [0.3, 0.4) is 0 Å². The number of benzene rings is 1. The lowest BCUT2D eigenvalue weighted by Gasteiger charge is -2.32. The van der Waals surface area contributed by atoms with Crippen molar-refractivity contribution in [3.05, 3.63) is 23.8 Å². The number of rotatable bonds is 1. The molecule has 3 nitrogen and oxygen atoms in total. The maximum atomic E-state index is 12.8. The van der Waals surface area contributed by atoms with Crippen molar-refractivity contribution in [3.63, 3.8) is 0 Å². The summed E-state index contributed by atoms with van der Waals surface area (Å²) >= 11 is 0. The number of aliphatic imine (C=N–C) groups is 1. The fourth-order valence-corrected chi connectivity index (χ4v) is 2.51. The van der Waals surface area contributed by atoms with Gasteiger partial charge < -0.3 is 9.31 Å². The molecule has 0 bridgehead atoms. The third kappa shape index (κ3) is 2.46. The van der Waals surface area contributed by atoms with E-state index < -0.39 is 30.2 Å². The molecule has 2 aliphatic rings. The molecule has 0 N–H and O–H groups in total. The Labute approximate surface area is 127 Å². The Hall–Kier alpha value is -1.34. The van der Waals surface area contributed by atoms with Gasteiger partial charge in [0.1, 0.15) is 5.71 Å². The summed E-state index contributed by atoms with van der Waals surface area (Å²) in [5.41, 5.74) is -0.0778. The molecule has 2 aliphatic heterocycles. The predicted molar refractivity (Wildman–Crippen MR) is 79.0 cm³/mol. The number of nitrogens with zero attached hydrogens (tertiary/aromatic N) is 1. The maximum Gasteiger partial charge on any atom is 0.494 e. The molecule has 7 heteroatoms. The van der Waals surface area contributed by atoms with Crippen LogP contribution >= 0.6 is 0 Å². The van der Waals surface area contributed by atoms with Gasteiger partial charge in [0.2, 0.25) is 0 Å². The van der Waals surface area contributed by atoms with Crippen LogP contribution in [-0.4, -0.2) is 30.2 Å². The van der Waals surface area contributed by atoms with Crippen LogP contribution in [0.4, 0.5) is 18.9 Å². The number of fused-ring (bicyclic) bond motifs is 1. The molecule has 0 aromatic heterocycles. The van der Waals surface area contributed by atoms with Crippen molar-refractivity contribution in [1.82, 2.24) is 0 Å². The number of hydrogen-bond acceptors (Lipinski definition) is 3. The van der Waals surface area contributed by atoms with Gasteiger partial charge in [-0.2, -0.15) is 13.2 Å². The summed E-state index contributed by atoms with van der Waals surface area (Å²) in [6.07, 6.45) is -4.59. The van der Waals surface area contributed by atoms with Crippen LogP contribution in [0.5, 0.6) is 0 Å². The summed E-state index contributed by atoms with van der Waals surface area (Å²) in [4.78, 5) is 3.66. The van der Waals surface area contributed by atoms with E-state index >= 15 is 0 Å². The van der Waals surface area contributed by atoms with Gasteiger partial charge >= 0.3 is 13.3 Å². The average Bonchev–Trinajstić information content (AvgIpc) is 2.87. The van der Waals surface area contributed by atoms with Gasteiger partial charge in [-0.05, 0) is 44.8 Å². The van der Waals surface area contributed by atoms with Crippen LogP contribution in [-0.2, 0) is 15.7 Å². The molecule has 0 amide bonds. The van der Waals surface area contributed by atoms with Gasteiger partial charge in [0.25, 0.3) is 0 Å². The van der Waals surface area contributed by atoms with E-state index in [1.807, 2.05) is 27.7 Å². The second-order valence-corrected chi connectivity index (χ2v) is 6.71. The summed E-state index contributed by atoms with van der Waals surface area (Å²) in [5, 5.41) is 0. The third-order valence-corrected chi connectivity index (χ3v) is 4.57. The highest BCUT2D eigenvalue weighted by atomic mass is 19.4. The van der Waals surface area contributed by atoms with Crippen LogP contribution < -0.4 is 5.46 Å². The highest BCUT2D eigenvalue weighted by Gasteiger charge is 2.52. The van der Waals surface area contributed by atoms with Crippen molar-refractivity contribution in [2.24, 2.45) is 4.99 Å². The standard InChI is InChI=1S/C15H17BF3NO2/c1-13(2)14(3,4)22-16(21-13)10-5-6-11-9(7-10)8-12(20-11)15(17,18)19/h5-7H,8H2,1-4H3. The van der Waals surface area contributed by atoms with Gasteiger partial charge in [-0.1, -0.05) is 12.1 Å². The smallest absolute Gasteiger partial charge is 0.399 e. The molecule has 0 unspecified atom stereocenters. The van der Waals surface area contributed by atoms with Crippen molar-refractivity contribution in [3.8, 4) is 0 Å². The Balaban J connectivity index is 1.85. The molecule has 1 aromatic carbocycles. The van der Waals surface area contributed by atoms with Crippen molar-refractivity contribution < 1.29 is 22.5 Å². The molecular weight excluding hydrogens is 294 g/mol. The summed E-state index contributed by atoms with van der Waals surface area (Å²) in [7, 11) is -0.578. The van der Waals surface area contributed by atoms with Crippen molar-refractivity contribution in [2.75, 3.05) is 0 Å². The fraction of sp³-hybridized carbons (Fsp3) is 0.533. The molecule has 22 heavy (non-hydrogen) atoms. The lowest BCUT2D eigenvalue weighted by Crippen LogP contribution is -2.41. The van der Waals surface area contributed by atoms with E-state index in [1.54, 1.807) is 18.2 Å². The second-order valence-electron chi connectivity index (χ2n) is 6.71. The van der Waals surface area contributed by atoms with E-state index in [9.17, 15) is 13.2 Å². The first kappa shape index (κ1) is 15.6. The molecule has 1 aromatic rings. The summed E-state index contributed by atoms with van der Waals surface area (Å²) in [6, 6.07) is 5.00. The number of hydrogen-bond donors (Lipinski definition) is 0. The van der Waals surface area contributed by atoms with Crippen LogP contribution in [0, 0.1) is 0 Å². The Bertz CT molecular complexity index is 637. The molecule has 0 atom stereocenters. The summed E-state index contributed by atoms with van der Waals surface area (Å²) in [5.74, 6) is 0. The topological polar surface area (TPSA) is 30.8 Å². The maximum absolute atomic E-state index is 12.8. The van der Waals surface area contributed by atoms with Gasteiger partial charge in [0, 0.05) is 6.42 Å². The molecule has 2 heterocycles. The quantitative estimate of drug-likeness (QED) is 0.746. The Kier molecular flexibility index (Phi) is 3.24. The normalized spacial score (nSPS) is 22.7. The van der Waals surface area contributed by atoms with Gasteiger partial charge in [-0.3, -0.25) is 0 Å². The number of halogens is 3. The van der Waals surface area contributed by atoms with Gasteiger partial charge in [-0.25, -0.2) is 4.99 Å². The molecule has 118 valence electrons. The van der Waals surface area contributed by atoms with E-state index in [0.29, 0.717) is 11.3 Å². The Morgan fingerprint density at radius 3 is 2.23 bits per heavy atom. The van der Waals surface area contributed by atoms with Crippen LogP contribution in [0.15, 0.2) is 23.2 Å². The zero-order valence-corrected chi connectivity index (χ0v) is 12.9. The molecule has 0 saturated carbocycles. The minimum atomic E-state index is -4.39. The minimum absolute atomic E-state index is 0.202. The van der Waals surface area contributed by atoms with E-state index in [0.717, 1.165) is 5.46 Å². The molecule has 3 rings (SSSR count). The SMILES string of the molecule is CC1(C)OB(c2ccc3c(c2)CC(C(F)(F)F)=N3)OC1(C)C. The predicted octanol–water partition coefficient (Wildman–Crippen LogP) is 3.18. The monoisotopic (exact) mass is 311 g/mol. The first-order valence-electron chi connectivity index (χ1n) is 7.13. The first-order chi connectivity index (χ1) is 9.99. The molecule has 1 fully saturated rings. The largest absolute Gasteiger partial charge is 0.494 e. The van der Waals surface area contributed by atoms with E-state index in [-0.39, 0.29) is 6.42 Å². The van der Waals surface area contributed by atoms with Crippen LogP contribution in [0.2, 0.25) is 0 Å². The molecule has 1 saturated heterocycles. The van der Waals surface area contributed by atoms with E-state index in [4.69, 9.17) is 9.31 Å². The summed E-state index contributed by atoms with van der Waals surface area (Å²) < 4.78 is 50.1. The lowest BCUT2D eigenvalue weighted by atomic mass is 9.78. The van der Waals surface area contributed by atoms with E-state index in [2.05, 4.69) is 4.99 Å². The highest BCUT2D eigenvalue weighted by molar-refractivity contribution is 6.62. The Morgan fingerprint density at radius 2 is 1.68 bits per heavy atom. The van der Waals surface area contributed by atoms with Gasteiger partial charge in [0.05, 0.1) is 16.9 Å². The Morgan fingerprint density at radius 1 is 1.09 bits per heavy atom. The molecule has 0 aliphatic carbocycles. The summed E-state index contributed by atoms with van der Waals surface area (Å²) in [6.45, 7) is 7.74. The number of alkyl halides is 3. The molecule has 0 radical (unpaired) electrons. The van der Waals surface area contributed by atoms with Gasteiger partial charge in [0.15, 0.2) is 0 Å². The van der Waals surface area contributed by atoms with Crippen molar-refractivity contribution >= 4 is 24.0 Å². The first-order valence-corrected chi connectivity index (χ1v) is 7.13. The fourth-order valence-electron chi connectivity index (χ4n) is 2.51. The lowest BCUT2D eigenvalue weighted by molar-refractivity contribution is -0.0597. The zero-order chi connectivity index (χ0) is 16.3. The molecular formula is C15H17BF3NO2. The van der Waals surface area contributed by atoms with E-state index in [1.165, 1.54) is 0 Å². The second kappa shape index (κ2) is 4.58. The zero-order valence-electron chi connectivity index (χ0n) is 12.9. The minimum Gasteiger partial charge on any atom is -0.399 e. The average molecular weight is 311 g/mol. The van der Waals surface area contributed by atoms with Crippen LogP contribution in [0.25, 0.3) is 0 Å².